The second-order valence-electron chi connectivity index (χ2n) is 8.50. The molecule has 0 aromatic carbocycles. The number of carboxylic acids is 2. The van der Waals surface area contributed by atoms with Gasteiger partial charge >= 0.3 is 24.3 Å². The quantitative estimate of drug-likeness (QED) is 0.444. The highest BCUT2D eigenvalue weighted by Crippen LogP contribution is 2.36. The SMILES string of the molecule is O=C(C[C@H]1OC[C@H]2CN(Cc3cccs3)CC[C@H]21)Nc1cccnc1.O=C(O)C(F)(F)F.O=C(O)C(F)(F)F. The minimum atomic E-state index is -5.08. The topological polar surface area (TPSA) is 129 Å². The second-order valence-corrected chi connectivity index (χ2v) is 9.53. The minimum absolute atomic E-state index is 0.0136. The van der Waals surface area contributed by atoms with Crippen molar-refractivity contribution < 1.29 is 55.7 Å². The van der Waals surface area contributed by atoms with Gasteiger partial charge in [-0.3, -0.25) is 14.7 Å². The van der Waals surface area contributed by atoms with Crippen molar-refractivity contribution >= 4 is 34.9 Å². The largest absolute Gasteiger partial charge is 0.490 e. The van der Waals surface area contributed by atoms with Crippen molar-refractivity contribution in [3.63, 3.8) is 0 Å². The maximum absolute atomic E-state index is 12.3. The van der Waals surface area contributed by atoms with Crippen LogP contribution in [0.1, 0.15) is 17.7 Å². The highest BCUT2D eigenvalue weighted by atomic mass is 32.1. The molecule has 1 amide bonds. The number of hydrogen-bond donors (Lipinski definition) is 3. The number of likely N-dealkylation sites (tertiary alicyclic amines) is 1. The first-order valence-corrected chi connectivity index (χ1v) is 12.2. The molecule has 0 spiro atoms. The zero-order valence-corrected chi connectivity index (χ0v) is 20.9. The molecule has 4 rings (SSSR count). The number of carboxylic acid groups (broad SMARTS) is 2. The lowest BCUT2D eigenvalue weighted by Crippen LogP contribution is -2.41. The second kappa shape index (κ2) is 14.2. The van der Waals surface area contributed by atoms with Crippen molar-refractivity contribution in [3.05, 3.63) is 46.9 Å². The number of ether oxygens (including phenoxy) is 1. The Balaban J connectivity index is 0.000000317. The van der Waals surface area contributed by atoms with E-state index in [4.69, 9.17) is 24.5 Å². The molecule has 39 heavy (non-hydrogen) atoms. The summed E-state index contributed by atoms with van der Waals surface area (Å²) in [6.45, 7) is 3.97. The summed E-state index contributed by atoms with van der Waals surface area (Å²) in [6, 6.07) is 7.99. The van der Waals surface area contributed by atoms with Gasteiger partial charge in [0.25, 0.3) is 0 Å². The summed E-state index contributed by atoms with van der Waals surface area (Å²) in [5.41, 5.74) is 0.743. The molecular formula is C23H25F6N3O6S. The van der Waals surface area contributed by atoms with Gasteiger partial charge in [-0.05, 0) is 42.5 Å². The molecule has 0 aliphatic carbocycles. The molecule has 2 fully saturated rings. The van der Waals surface area contributed by atoms with Gasteiger partial charge in [0.2, 0.25) is 5.91 Å². The fourth-order valence-electron chi connectivity index (χ4n) is 3.97. The van der Waals surface area contributed by atoms with Gasteiger partial charge in [0, 0.05) is 30.1 Å². The first-order valence-electron chi connectivity index (χ1n) is 11.3. The number of piperidine rings is 1. The van der Waals surface area contributed by atoms with Gasteiger partial charge in [-0.25, -0.2) is 9.59 Å². The molecule has 9 nitrogen and oxygen atoms in total. The van der Waals surface area contributed by atoms with Crippen LogP contribution >= 0.6 is 11.3 Å². The number of aromatic nitrogens is 1. The first-order chi connectivity index (χ1) is 18.2. The van der Waals surface area contributed by atoms with Crippen LogP contribution in [0.3, 0.4) is 0 Å². The molecule has 2 aliphatic heterocycles. The van der Waals surface area contributed by atoms with Crippen molar-refractivity contribution in [1.82, 2.24) is 9.88 Å². The van der Waals surface area contributed by atoms with Crippen LogP contribution in [-0.2, 0) is 25.7 Å². The summed E-state index contributed by atoms with van der Waals surface area (Å²) in [7, 11) is 0. The van der Waals surface area contributed by atoms with Gasteiger partial charge in [-0.1, -0.05) is 6.07 Å². The van der Waals surface area contributed by atoms with Crippen LogP contribution < -0.4 is 5.32 Å². The zero-order chi connectivity index (χ0) is 29.2. The zero-order valence-electron chi connectivity index (χ0n) is 20.1. The van der Waals surface area contributed by atoms with Crippen LogP contribution in [0.2, 0.25) is 0 Å². The standard InChI is InChI=1S/C19H23N3O2S.2C2HF3O2/c23-19(21-15-3-1-6-20-10-15)9-18-17-5-7-22(11-14(17)13-24-18)12-16-4-2-8-25-16;2*3-2(4,5)1(6)7/h1-4,6,8,10,14,17-18H,5,7,9,11-13H2,(H,21,23);2*(H,6,7)/t14-,17-,18-;;/m1../s1. The molecule has 3 N–H and O–H groups in total. The number of hydrogen-bond acceptors (Lipinski definition) is 7. The average molecular weight is 586 g/mol. The Kier molecular flexibility index (Phi) is 11.7. The number of nitrogens with one attached hydrogen (secondary N) is 1. The smallest absolute Gasteiger partial charge is 0.475 e. The van der Waals surface area contributed by atoms with Gasteiger partial charge in [0.05, 0.1) is 31.0 Å². The monoisotopic (exact) mass is 585 g/mol. The molecule has 2 aromatic heterocycles. The fraction of sp³-hybridized carbons (Fsp3) is 0.478. The van der Waals surface area contributed by atoms with Gasteiger partial charge in [0.1, 0.15) is 0 Å². The van der Waals surface area contributed by atoms with E-state index in [0.717, 1.165) is 38.3 Å². The third-order valence-electron chi connectivity index (χ3n) is 5.66. The summed E-state index contributed by atoms with van der Waals surface area (Å²) in [5, 5.41) is 19.3. The molecule has 4 heterocycles. The number of nitrogens with zero attached hydrogens (tertiary/aromatic N) is 2. The molecule has 0 saturated carbocycles. The Bertz CT molecular complexity index is 1040. The van der Waals surface area contributed by atoms with E-state index in [0.29, 0.717) is 18.3 Å². The van der Waals surface area contributed by atoms with Crippen molar-refractivity contribution in [3.8, 4) is 0 Å². The van der Waals surface area contributed by atoms with Crippen LogP contribution in [0.15, 0.2) is 42.0 Å². The predicted molar refractivity (Wildman–Crippen MR) is 126 cm³/mol. The normalized spacial score (nSPS) is 20.9. The number of carbonyl (C=O) groups is 3. The van der Waals surface area contributed by atoms with E-state index in [9.17, 15) is 31.1 Å². The number of fused-ring (bicyclic) bond motifs is 1. The minimum Gasteiger partial charge on any atom is -0.475 e. The maximum Gasteiger partial charge on any atom is 0.490 e. The van der Waals surface area contributed by atoms with Crippen LogP contribution in [0.4, 0.5) is 32.0 Å². The highest BCUT2D eigenvalue weighted by molar-refractivity contribution is 7.09. The Morgan fingerprint density at radius 3 is 2.23 bits per heavy atom. The number of carbonyl (C=O) groups excluding carboxylic acids is 1. The lowest BCUT2D eigenvalue weighted by Gasteiger charge is -2.35. The maximum atomic E-state index is 12.3. The molecule has 2 saturated heterocycles. The molecule has 0 unspecified atom stereocenters. The lowest BCUT2D eigenvalue weighted by molar-refractivity contribution is -0.193. The summed E-state index contributed by atoms with van der Waals surface area (Å²) < 4.78 is 69.5. The van der Waals surface area contributed by atoms with Crippen molar-refractivity contribution in [2.45, 2.75) is 37.8 Å². The molecule has 216 valence electrons. The molecule has 2 aromatic rings. The average Bonchev–Trinajstić information content (AvgIpc) is 3.49. The Labute approximate surface area is 222 Å². The van der Waals surface area contributed by atoms with Gasteiger partial charge in [-0.2, -0.15) is 26.3 Å². The van der Waals surface area contributed by atoms with Gasteiger partial charge in [-0.15, -0.1) is 11.3 Å². The van der Waals surface area contributed by atoms with E-state index in [1.165, 1.54) is 4.88 Å². The number of halogens is 6. The highest BCUT2D eigenvalue weighted by Gasteiger charge is 2.41. The molecule has 0 radical (unpaired) electrons. The number of pyridine rings is 1. The number of rotatable bonds is 5. The summed E-state index contributed by atoms with van der Waals surface area (Å²) in [5.74, 6) is -4.45. The number of aliphatic carboxylic acids is 2. The number of amides is 1. The van der Waals surface area contributed by atoms with Crippen molar-refractivity contribution in [2.75, 3.05) is 25.0 Å². The lowest BCUT2D eigenvalue weighted by atomic mass is 9.83. The van der Waals surface area contributed by atoms with Gasteiger partial charge < -0.3 is 20.3 Å². The fourth-order valence-corrected chi connectivity index (χ4v) is 4.72. The van der Waals surface area contributed by atoms with E-state index in [-0.39, 0.29) is 12.0 Å². The third kappa shape index (κ3) is 11.2. The predicted octanol–water partition coefficient (Wildman–Crippen LogP) is 4.28. The van der Waals surface area contributed by atoms with Crippen LogP contribution in [-0.4, -0.2) is 76.1 Å². The van der Waals surface area contributed by atoms with Crippen LogP contribution in [0.25, 0.3) is 0 Å². The van der Waals surface area contributed by atoms with Gasteiger partial charge in [0.15, 0.2) is 0 Å². The summed E-state index contributed by atoms with van der Waals surface area (Å²) in [6.07, 6.45) is -5.21. The van der Waals surface area contributed by atoms with Crippen LogP contribution in [0.5, 0.6) is 0 Å². The Hall–Kier alpha value is -3.24. The van der Waals surface area contributed by atoms with E-state index < -0.39 is 24.3 Å². The molecule has 2 aliphatic rings. The van der Waals surface area contributed by atoms with E-state index >= 15 is 0 Å². The van der Waals surface area contributed by atoms with E-state index in [1.54, 1.807) is 12.4 Å². The Morgan fingerprint density at radius 2 is 1.72 bits per heavy atom. The van der Waals surface area contributed by atoms with Crippen molar-refractivity contribution in [1.29, 1.82) is 0 Å². The molecule has 3 atom stereocenters. The number of alkyl halides is 6. The van der Waals surface area contributed by atoms with Crippen LogP contribution in [0, 0.1) is 11.8 Å². The molecular weight excluding hydrogens is 560 g/mol. The summed E-state index contributed by atoms with van der Waals surface area (Å²) in [4.78, 5) is 38.0. The third-order valence-corrected chi connectivity index (χ3v) is 6.52. The number of thiophene rings is 1. The van der Waals surface area contributed by atoms with Crippen molar-refractivity contribution in [2.24, 2.45) is 11.8 Å². The number of anilines is 1. The van der Waals surface area contributed by atoms with E-state index in [1.807, 2.05) is 23.5 Å². The van der Waals surface area contributed by atoms with E-state index in [2.05, 4.69) is 32.7 Å². The molecule has 0 bridgehead atoms. The first kappa shape index (κ1) is 32.0. The summed E-state index contributed by atoms with van der Waals surface area (Å²) >= 11 is 1.82. The Morgan fingerprint density at radius 1 is 1.08 bits per heavy atom. The molecule has 16 heteroatoms.